The predicted molar refractivity (Wildman–Crippen MR) is 161 cm³/mol. The van der Waals surface area contributed by atoms with Crippen molar-refractivity contribution in [3.8, 4) is 0 Å². The van der Waals surface area contributed by atoms with Gasteiger partial charge in [-0.25, -0.2) is 4.39 Å². The van der Waals surface area contributed by atoms with Gasteiger partial charge in [-0.15, -0.1) is 23.4 Å². The molecule has 0 radical (unpaired) electrons. The molecule has 41 heavy (non-hydrogen) atoms. The molecule has 0 saturated heterocycles. The van der Waals surface area contributed by atoms with Crippen LogP contribution in [0.15, 0.2) is 15.1 Å². The van der Waals surface area contributed by atoms with E-state index in [1.54, 1.807) is 7.11 Å². The number of carboxylic acids is 1. The van der Waals surface area contributed by atoms with Crippen LogP contribution in [0.3, 0.4) is 0 Å². The number of alkyl halides is 2. The molecule has 0 bridgehead atoms. The lowest BCUT2D eigenvalue weighted by Crippen LogP contribution is -2.58. The van der Waals surface area contributed by atoms with Gasteiger partial charge in [0.1, 0.15) is 23.3 Å². The first kappa shape index (κ1) is 29.7. The Labute approximate surface area is 251 Å². The highest BCUT2D eigenvalue weighted by Crippen LogP contribution is 2.44. The third-order valence-corrected chi connectivity index (χ3v) is 11.9. The molecule has 8 nitrogen and oxygen atoms in total. The third-order valence-electron chi connectivity index (χ3n) is 10.1. The predicted octanol–water partition coefficient (Wildman–Crippen LogP) is 6.20. The first-order chi connectivity index (χ1) is 19.9. The molecule has 3 aliphatic heterocycles. The second kappa shape index (κ2) is 13.1. The second-order valence-corrected chi connectivity index (χ2v) is 14.7. The van der Waals surface area contributed by atoms with E-state index in [1.165, 1.54) is 0 Å². The number of oxime groups is 1. The van der Waals surface area contributed by atoms with E-state index in [0.717, 1.165) is 87.2 Å². The Kier molecular flexibility index (Phi) is 9.47. The van der Waals surface area contributed by atoms with Crippen molar-refractivity contribution in [1.82, 2.24) is 4.90 Å². The van der Waals surface area contributed by atoms with Crippen molar-refractivity contribution in [1.29, 1.82) is 0 Å². The lowest BCUT2D eigenvalue weighted by molar-refractivity contribution is -0.137. The minimum Gasteiger partial charge on any atom is -0.481 e. The van der Waals surface area contributed by atoms with Crippen LogP contribution in [0, 0.1) is 11.8 Å². The van der Waals surface area contributed by atoms with Crippen LogP contribution < -0.4 is 0 Å². The third kappa shape index (κ3) is 6.59. The zero-order chi connectivity index (χ0) is 28.5. The molecule has 0 aromatic heterocycles. The maximum atomic E-state index is 14.0. The number of amidine groups is 1. The highest BCUT2D eigenvalue weighted by molar-refractivity contribution is 8.14. The van der Waals surface area contributed by atoms with Crippen LogP contribution in [0.5, 0.6) is 0 Å². The molecule has 6 rings (SSSR count). The van der Waals surface area contributed by atoms with Gasteiger partial charge in [-0.2, -0.15) is 0 Å². The van der Waals surface area contributed by atoms with Gasteiger partial charge in [-0.05, 0) is 77.0 Å². The van der Waals surface area contributed by atoms with E-state index in [4.69, 9.17) is 36.3 Å². The van der Waals surface area contributed by atoms with E-state index >= 15 is 0 Å². The highest BCUT2D eigenvalue weighted by atomic mass is 35.5. The minimum atomic E-state index is -0.763. The number of rotatable bonds is 9. The Morgan fingerprint density at radius 2 is 1.93 bits per heavy atom. The molecule has 11 heteroatoms. The summed E-state index contributed by atoms with van der Waals surface area (Å²) in [4.78, 5) is 29.8. The molecule has 3 fully saturated rings. The van der Waals surface area contributed by atoms with E-state index in [0.29, 0.717) is 36.5 Å². The molecule has 0 aromatic rings. The molecule has 0 amide bonds. The fourth-order valence-corrected chi connectivity index (χ4v) is 9.85. The summed E-state index contributed by atoms with van der Waals surface area (Å²) in [5.41, 5.74) is 1.14. The maximum absolute atomic E-state index is 14.0. The van der Waals surface area contributed by atoms with Crippen LogP contribution in [0.25, 0.3) is 0 Å². The van der Waals surface area contributed by atoms with Crippen LogP contribution in [0.4, 0.5) is 4.39 Å². The molecule has 0 spiro atoms. The standard InChI is InChI=1S/C30H44ClFN4O4S/c1-39-30-21-12-6-17(23-16-25(40-35-23)29-34-22-13-7-18(31)15-26(22)41-29)14-24(21)33-27(4-2-3-5-28(37)38)36(30)20-10-8-19(32)9-11-20/h17-22,24-26,30H,2-16H2,1H3,(H,37,38). The van der Waals surface area contributed by atoms with Crippen molar-refractivity contribution in [2.75, 3.05) is 7.11 Å². The van der Waals surface area contributed by atoms with Gasteiger partial charge in [0.15, 0.2) is 6.10 Å². The summed E-state index contributed by atoms with van der Waals surface area (Å²) in [7, 11) is 1.79. The Balaban J connectivity index is 1.13. The van der Waals surface area contributed by atoms with Crippen LogP contribution in [-0.4, -0.2) is 86.9 Å². The Morgan fingerprint density at radius 3 is 2.71 bits per heavy atom. The quantitative estimate of drug-likeness (QED) is 0.247. The summed E-state index contributed by atoms with van der Waals surface area (Å²) in [5.74, 6) is 0.861. The van der Waals surface area contributed by atoms with Gasteiger partial charge in [0.25, 0.3) is 0 Å². The van der Waals surface area contributed by atoms with Gasteiger partial charge >= 0.3 is 5.97 Å². The molecule has 3 saturated carbocycles. The monoisotopic (exact) mass is 610 g/mol. The average Bonchev–Trinajstić information content (AvgIpc) is 3.62. The molecular weight excluding hydrogens is 567 g/mol. The van der Waals surface area contributed by atoms with E-state index in [-0.39, 0.29) is 42.1 Å². The lowest BCUT2D eigenvalue weighted by atomic mass is 9.73. The first-order valence-corrected chi connectivity index (χ1v) is 17.1. The number of ether oxygens (including phenoxy) is 1. The van der Waals surface area contributed by atoms with Crippen molar-refractivity contribution in [3.63, 3.8) is 0 Å². The van der Waals surface area contributed by atoms with Crippen molar-refractivity contribution in [2.24, 2.45) is 27.0 Å². The molecule has 1 N–H and O–H groups in total. The van der Waals surface area contributed by atoms with Crippen molar-refractivity contribution < 1.29 is 23.9 Å². The summed E-state index contributed by atoms with van der Waals surface area (Å²) < 4.78 is 20.2. The second-order valence-electron chi connectivity index (χ2n) is 12.8. The van der Waals surface area contributed by atoms with E-state index in [1.807, 2.05) is 11.8 Å². The number of thioether (sulfide) groups is 1. The number of carboxylic acid groups (broad SMARTS) is 1. The zero-order valence-corrected chi connectivity index (χ0v) is 25.6. The highest BCUT2D eigenvalue weighted by Gasteiger charge is 2.47. The Hall–Kier alpha value is -1.39. The SMILES string of the molecule is COC1C2CCC(C3=NOC(C4=NC5CCC(Cl)CC5S4)C3)CC2N=C(CCCCC(=O)O)N1C1CCC(F)CC1. The normalized spacial score (nSPS) is 40.7. The van der Waals surface area contributed by atoms with Crippen molar-refractivity contribution >= 4 is 45.9 Å². The van der Waals surface area contributed by atoms with Gasteiger partial charge in [-0.3, -0.25) is 14.8 Å². The smallest absolute Gasteiger partial charge is 0.303 e. The van der Waals surface area contributed by atoms with Crippen LogP contribution in [0.1, 0.15) is 96.3 Å². The molecule has 3 heterocycles. The maximum Gasteiger partial charge on any atom is 0.303 e. The molecule has 8 unspecified atom stereocenters. The zero-order valence-electron chi connectivity index (χ0n) is 24.0. The fourth-order valence-electron chi connectivity index (χ4n) is 7.95. The van der Waals surface area contributed by atoms with Crippen molar-refractivity contribution in [3.05, 3.63) is 0 Å². The average molecular weight is 611 g/mol. The van der Waals surface area contributed by atoms with Crippen LogP contribution >= 0.6 is 23.4 Å². The fraction of sp³-hybridized carbons (Fsp3) is 0.867. The summed E-state index contributed by atoms with van der Waals surface area (Å²) in [6.45, 7) is 0. The Morgan fingerprint density at radius 1 is 1.10 bits per heavy atom. The van der Waals surface area contributed by atoms with Crippen LogP contribution in [0.2, 0.25) is 0 Å². The Bertz CT molecular complexity index is 1050. The molecule has 8 atom stereocenters. The topological polar surface area (TPSA) is 96.1 Å². The van der Waals surface area contributed by atoms with E-state index < -0.39 is 12.1 Å². The summed E-state index contributed by atoms with van der Waals surface area (Å²) in [6, 6.07) is 0.720. The minimum absolute atomic E-state index is 0.0698. The van der Waals surface area contributed by atoms with Gasteiger partial charge in [-0.1, -0.05) is 5.16 Å². The van der Waals surface area contributed by atoms with Crippen LogP contribution in [-0.2, 0) is 14.4 Å². The van der Waals surface area contributed by atoms with Gasteiger partial charge in [0.05, 0.1) is 17.8 Å². The van der Waals surface area contributed by atoms with E-state index in [2.05, 4.69) is 10.1 Å². The van der Waals surface area contributed by atoms with Gasteiger partial charge in [0, 0.05) is 54.9 Å². The number of fused-ring (bicyclic) bond motifs is 2. The number of hydrogen-bond acceptors (Lipinski definition) is 8. The van der Waals surface area contributed by atoms with Crippen molar-refractivity contribution in [2.45, 2.75) is 144 Å². The molecular formula is C30H44ClFN4O4S. The van der Waals surface area contributed by atoms with E-state index in [9.17, 15) is 9.18 Å². The number of unbranched alkanes of at least 4 members (excludes halogenated alkanes) is 1. The lowest BCUT2D eigenvalue weighted by Gasteiger charge is -2.51. The number of hydrogen-bond donors (Lipinski definition) is 1. The summed E-state index contributed by atoms with van der Waals surface area (Å²) >= 11 is 8.28. The number of aliphatic carboxylic acids is 1. The largest absolute Gasteiger partial charge is 0.481 e. The molecule has 6 aliphatic rings. The van der Waals surface area contributed by atoms with Gasteiger partial charge < -0.3 is 19.6 Å². The number of halogens is 2. The molecule has 228 valence electrons. The number of aliphatic imine (C=N–C) groups is 2. The number of nitrogens with zero attached hydrogens (tertiary/aromatic N) is 4. The first-order valence-electron chi connectivity index (χ1n) is 15.7. The molecule has 3 aliphatic carbocycles. The van der Waals surface area contributed by atoms with Gasteiger partial charge in [0.2, 0.25) is 0 Å². The summed E-state index contributed by atoms with van der Waals surface area (Å²) in [5, 5.41) is 15.5. The summed E-state index contributed by atoms with van der Waals surface area (Å²) in [6.07, 6.45) is 11.1. The number of carbonyl (C=O) groups is 1. The molecule has 0 aromatic carbocycles. The number of methoxy groups -OCH3 is 1.